The Morgan fingerprint density at radius 3 is 2.86 bits per heavy atom. The molecule has 0 aromatic heterocycles. The summed E-state index contributed by atoms with van der Waals surface area (Å²) in [5, 5.41) is 17.5. The van der Waals surface area contributed by atoms with Gasteiger partial charge in [0, 0.05) is 6.42 Å². The van der Waals surface area contributed by atoms with Gasteiger partial charge in [-0.1, -0.05) is 13.3 Å². The Kier molecular flexibility index (Phi) is 3.57. The van der Waals surface area contributed by atoms with Gasteiger partial charge in [0.05, 0.1) is 19.8 Å². The number of carbonyl (C=O) groups excluding carboxylic acids is 1. The molecule has 0 bridgehead atoms. The Hall–Kier alpha value is -0.970. The smallest absolute Gasteiger partial charge is 0.338 e. The van der Waals surface area contributed by atoms with Crippen LogP contribution in [0.25, 0.3) is 0 Å². The zero-order chi connectivity index (χ0) is 10.6. The molecule has 0 saturated heterocycles. The molecule has 1 N–H and O–H groups in total. The summed E-state index contributed by atoms with van der Waals surface area (Å²) in [7, 11) is 1.30. The molecule has 0 unspecified atom stereocenters. The minimum Gasteiger partial charge on any atom is -0.467 e. The zero-order valence-electron chi connectivity index (χ0n) is 8.56. The van der Waals surface area contributed by atoms with Gasteiger partial charge in [-0.15, -0.1) is 0 Å². The number of aliphatic hydroxyl groups is 1. The molecule has 1 rings (SSSR count). The molecule has 0 aromatic rings. The van der Waals surface area contributed by atoms with Crippen molar-refractivity contribution in [2.45, 2.75) is 37.8 Å². The predicted molar refractivity (Wildman–Crippen MR) is 50.0 cm³/mol. The lowest BCUT2D eigenvalue weighted by Crippen LogP contribution is -2.47. The van der Waals surface area contributed by atoms with Gasteiger partial charge < -0.3 is 9.84 Å². The third kappa shape index (κ3) is 1.77. The summed E-state index contributed by atoms with van der Waals surface area (Å²) in [6.07, 6.45) is 0.996. The van der Waals surface area contributed by atoms with Crippen molar-refractivity contribution in [2.24, 2.45) is 10.2 Å². The molecule has 0 radical (unpaired) electrons. The Balaban J connectivity index is 2.81. The minimum absolute atomic E-state index is 0.445. The molecule has 80 valence electrons. The molecule has 0 saturated carbocycles. The van der Waals surface area contributed by atoms with Crippen LogP contribution in [0.2, 0.25) is 0 Å². The molecule has 0 spiro atoms. The molecular formula is C9H16N2O3. The van der Waals surface area contributed by atoms with Crippen LogP contribution in [-0.2, 0) is 9.53 Å². The number of esters is 1. The van der Waals surface area contributed by atoms with E-state index in [0.29, 0.717) is 19.4 Å². The fourth-order valence-corrected chi connectivity index (χ4v) is 1.65. The summed E-state index contributed by atoms with van der Waals surface area (Å²) < 4.78 is 4.65. The SMILES string of the molecule is CCC[C@@H](O)[C@@]1(C(=O)OC)CCN=N1. The maximum Gasteiger partial charge on any atom is 0.338 e. The van der Waals surface area contributed by atoms with Crippen molar-refractivity contribution < 1.29 is 14.6 Å². The molecule has 0 amide bonds. The van der Waals surface area contributed by atoms with Crippen LogP contribution in [0.1, 0.15) is 26.2 Å². The van der Waals surface area contributed by atoms with E-state index in [-0.39, 0.29) is 0 Å². The average molecular weight is 200 g/mol. The van der Waals surface area contributed by atoms with Crippen LogP contribution in [0.5, 0.6) is 0 Å². The third-order valence-electron chi connectivity index (χ3n) is 2.49. The fourth-order valence-electron chi connectivity index (χ4n) is 1.65. The number of hydrogen-bond acceptors (Lipinski definition) is 5. The van der Waals surface area contributed by atoms with Gasteiger partial charge in [-0.05, 0) is 6.42 Å². The summed E-state index contributed by atoms with van der Waals surface area (Å²) in [6, 6.07) is 0. The molecule has 0 aliphatic carbocycles. The molecule has 5 heteroatoms. The summed E-state index contributed by atoms with van der Waals surface area (Å²) >= 11 is 0. The highest BCUT2D eigenvalue weighted by molar-refractivity contribution is 5.82. The van der Waals surface area contributed by atoms with Crippen molar-refractivity contribution in [1.29, 1.82) is 0 Å². The van der Waals surface area contributed by atoms with Gasteiger partial charge in [-0.3, -0.25) is 0 Å². The monoisotopic (exact) mass is 200 g/mol. The number of aliphatic hydroxyl groups excluding tert-OH is 1. The third-order valence-corrected chi connectivity index (χ3v) is 2.49. The number of nitrogens with zero attached hydrogens (tertiary/aromatic N) is 2. The zero-order valence-corrected chi connectivity index (χ0v) is 8.56. The summed E-state index contributed by atoms with van der Waals surface area (Å²) in [6.45, 7) is 2.43. The van der Waals surface area contributed by atoms with E-state index in [1.807, 2.05) is 6.92 Å². The highest BCUT2D eigenvalue weighted by atomic mass is 16.5. The normalized spacial score (nSPS) is 27.6. The second kappa shape index (κ2) is 4.50. The first kappa shape index (κ1) is 11.1. The highest BCUT2D eigenvalue weighted by Gasteiger charge is 2.48. The van der Waals surface area contributed by atoms with Gasteiger partial charge in [0.25, 0.3) is 0 Å². The van der Waals surface area contributed by atoms with Gasteiger partial charge in [-0.25, -0.2) is 4.79 Å². The average Bonchev–Trinajstić information content (AvgIpc) is 2.67. The molecule has 1 aliphatic rings. The first-order chi connectivity index (χ1) is 6.67. The minimum atomic E-state index is -1.13. The van der Waals surface area contributed by atoms with Crippen LogP contribution in [-0.4, -0.2) is 36.4 Å². The van der Waals surface area contributed by atoms with E-state index in [2.05, 4.69) is 15.0 Å². The van der Waals surface area contributed by atoms with Crippen molar-refractivity contribution in [2.75, 3.05) is 13.7 Å². The number of hydrogen-bond donors (Lipinski definition) is 1. The Morgan fingerprint density at radius 1 is 1.71 bits per heavy atom. The number of rotatable bonds is 4. The fraction of sp³-hybridized carbons (Fsp3) is 0.889. The van der Waals surface area contributed by atoms with E-state index < -0.39 is 17.6 Å². The van der Waals surface area contributed by atoms with Crippen LogP contribution in [0, 0.1) is 0 Å². The summed E-state index contributed by atoms with van der Waals surface area (Å²) in [4.78, 5) is 11.5. The lowest BCUT2D eigenvalue weighted by Gasteiger charge is -2.26. The Morgan fingerprint density at radius 2 is 2.43 bits per heavy atom. The van der Waals surface area contributed by atoms with Crippen molar-refractivity contribution in [3.63, 3.8) is 0 Å². The molecule has 1 aliphatic heterocycles. The Bertz CT molecular complexity index is 242. The van der Waals surface area contributed by atoms with Crippen molar-refractivity contribution in [3.05, 3.63) is 0 Å². The van der Waals surface area contributed by atoms with Crippen LogP contribution < -0.4 is 0 Å². The van der Waals surface area contributed by atoms with E-state index >= 15 is 0 Å². The molecule has 1 heterocycles. The molecule has 14 heavy (non-hydrogen) atoms. The van der Waals surface area contributed by atoms with E-state index in [0.717, 1.165) is 6.42 Å². The highest BCUT2D eigenvalue weighted by Crippen LogP contribution is 2.30. The standard InChI is InChI=1S/C9H16N2O3/c1-3-4-7(12)9(8(13)14-2)5-6-10-11-9/h7,12H,3-6H2,1-2H3/t7-,9-/m1/s1. The van der Waals surface area contributed by atoms with Crippen LogP contribution >= 0.6 is 0 Å². The van der Waals surface area contributed by atoms with E-state index in [4.69, 9.17) is 0 Å². The molecule has 2 atom stereocenters. The van der Waals surface area contributed by atoms with Crippen molar-refractivity contribution >= 4 is 5.97 Å². The van der Waals surface area contributed by atoms with Gasteiger partial charge in [-0.2, -0.15) is 10.2 Å². The topological polar surface area (TPSA) is 71.2 Å². The van der Waals surface area contributed by atoms with Gasteiger partial charge >= 0.3 is 5.97 Å². The van der Waals surface area contributed by atoms with Crippen LogP contribution in [0.4, 0.5) is 0 Å². The molecule has 0 fully saturated rings. The van der Waals surface area contributed by atoms with E-state index in [1.54, 1.807) is 0 Å². The second-order valence-electron chi connectivity index (χ2n) is 3.44. The van der Waals surface area contributed by atoms with Crippen molar-refractivity contribution in [1.82, 2.24) is 0 Å². The maximum atomic E-state index is 11.5. The first-order valence-corrected chi connectivity index (χ1v) is 4.82. The predicted octanol–water partition coefficient (Wildman–Crippen LogP) is 0.915. The number of methoxy groups -OCH3 is 1. The second-order valence-corrected chi connectivity index (χ2v) is 3.44. The molecule has 0 aromatic carbocycles. The van der Waals surface area contributed by atoms with E-state index in [9.17, 15) is 9.90 Å². The number of carbonyl (C=O) groups is 1. The Labute approximate surface area is 83.2 Å². The number of azo groups is 1. The summed E-state index contributed by atoms with van der Waals surface area (Å²) in [5.74, 6) is -0.486. The van der Waals surface area contributed by atoms with Crippen LogP contribution in [0.15, 0.2) is 10.2 Å². The largest absolute Gasteiger partial charge is 0.467 e. The first-order valence-electron chi connectivity index (χ1n) is 4.82. The number of ether oxygens (including phenoxy) is 1. The lowest BCUT2D eigenvalue weighted by atomic mass is 9.88. The molecular weight excluding hydrogens is 184 g/mol. The van der Waals surface area contributed by atoms with Crippen LogP contribution in [0.3, 0.4) is 0 Å². The summed E-state index contributed by atoms with van der Waals surface area (Å²) in [5.41, 5.74) is -1.13. The van der Waals surface area contributed by atoms with Gasteiger partial charge in [0.2, 0.25) is 5.54 Å². The lowest BCUT2D eigenvalue weighted by molar-refractivity contribution is -0.151. The van der Waals surface area contributed by atoms with Gasteiger partial charge in [0.15, 0.2) is 0 Å². The quantitative estimate of drug-likeness (QED) is 0.686. The van der Waals surface area contributed by atoms with Crippen molar-refractivity contribution in [3.8, 4) is 0 Å². The molecule has 5 nitrogen and oxygen atoms in total. The maximum absolute atomic E-state index is 11.5. The van der Waals surface area contributed by atoms with E-state index in [1.165, 1.54) is 7.11 Å². The van der Waals surface area contributed by atoms with Gasteiger partial charge in [0.1, 0.15) is 0 Å².